The summed E-state index contributed by atoms with van der Waals surface area (Å²) in [6, 6.07) is 5.56. The predicted octanol–water partition coefficient (Wildman–Crippen LogP) is 4.79. The molecule has 0 heterocycles. The SMILES string of the molecule is CC1CCC(CNC(C)c2ccccc2C(F)(F)F)C1. The van der Waals surface area contributed by atoms with Gasteiger partial charge in [0.25, 0.3) is 0 Å². The quantitative estimate of drug-likeness (QED) is 0.838. The first-order valence-electron chi connectivity index (χ1n) is 7.27. The monoisotopic (exact) mass is 285 g/mol. The molecule has 3 unspecified atom stereocenters. The van der Waals surface area contributed by atoms with Gasteiger partial charge in [-0.05, 0) is 49.8 Å². The van der Waals surface area contributed by atoms with E-state index in [1.807, 2.05) is 6.92 Å². The molecule has 0 saturated heterocycles. The zero-order chi connectivity index (χ0) is 14.8. The molecule has 1 aromatic rings. The molecule has 0 spiro atoms. The molecular weight excluding hydrogens is 263 g/mol. The lowest BCUT2D eigenvalue weighted by molar-refractivity contribution is -0.138. The number of hydrogen-bond acceptors (Lipinski definition) is 1. The Kier molecular flexibility index (Phi) is 4.74. The van der Waals surface area contributed by atoms with Crippen molar-refractivity contribution >= 4 is 0 Å². The van der Waals surface area contributed by atoms with Crippen LogP contribution < -0.4 is 5.32 Å². The van der Waals surface area contributed by atoms with Gasteiger partial charge in [-0.2, -0.15) is 13.2 Å². The van der Waals surface area contributed by atoms with Crippen LogP contribution in [0.5, 0.6) is 0 Å². The molecule has 2 rings (SSSR count). The highest BCUT2D eigenvalue weighted by molar-refractivity contribution is 5.32. The van der Waals surface area contributed by atoms with Crippen LogP contribution in [0.2, 0.25) is 0 Å². The summed E-state index contributed by atoms with van der Waals surface area (Å²) >= 11 is 0. The first kappa shape index (κ1) is 15.4. The average Bonchev–Trinajstić information content (AvgIpc) is 2.81. The van der Waals surface area contributed by atoms with E-state index in [4.69, 9.17) is 0 Å². The van der Waals surface area contributed by atoms with Gasteiger partial charge >= 0.3 is 6.18 Å². The minimum atomic E-state index is -4.28. The Hall–Kier alpha value is -1.03. The molecule has 1 fully saturated rings. The molecule has 4 heteroatoms. The highest BCUT2D eigenvalue weighted by Crippen LogP contribution is 2.35. The molecule has 0 aromatic heterocycles. The van der Waals surface area contributed by atoms with E-state index in [0.29, 0.717) is 11.5 Å². The van der Waals surface area contributed by atoms with E-state index in [9.17, 15) is 13.2 Å². The van der Waals surface area contributed by atoms with Crippen LogP contribution in [0.25, 0.3) is 0 Å². The van der Waals surface area contributed by atoms with Gasteiger partial charge in [0.15, 0.2) is 0 Å². The van der Waals surface area contributed by atoms with Crippen molar-refractivity contribution in [3.05, 3.63) is 35.4 Å². The zero-order valence-corrected chi connectivity index (χ0v) is 12.0. The van der Waals surface area contributed by atoms with Crippen LogP contribution in [0, 0.1) is 11.8 Å². The second kappa shape index (κ2) is 6.17. The summed E-state index contributed by atoms with van der Waals surface area (Å²) in [5.74, 6) is 1.35. The first-order valence-corrected chi connectivity index (χ1v) is 7.27. The molecular formula is C16H22F3N. The summed E-state index contributed by atoms with van der Waals surface area (Å²) in [5.41, 5.74) is -0.189. The smallest absolute Gasteiger partial charge is 0.310 e. The van der Waals surface area contributed by atoms with Crippen molar-refractivity contribution in [1.29, 1.82) is 0 Å². The van der Waals surface area contributed by atoms with Gasteiger partial charge in [0.05, 0.1) is 5.56 Å². The van der Waals surface area contributed by atoms with E-state index in [0.717, 1.165) is 18.5 Å². The zero-order valence-electron chi connectivity index (χ0n) is 12.0. The Morgan fingerprint density at radius 2 is 1.95 bits per heavy atom. The first-order chi connectivity index (χ1) is 9.38. The highest BCUT2D eigenvalue weighted by Gasteiger charge is 2.34. The third-order valence-corrected chi connectivity index (χ3v) is 4.25. The van der Waals surface area contributed by atoms with Crippen LogP contribution >= 0.6 is 0 Å². The van der Waals surface area contributed by atoms with Gasteiger partial charge in [-0.15, -0.1) is 0 Å². The van der Waals surface area contributed by atoms with Crippen LogP contribution in [0.15, 0.2) is 24.3 Å². The molecule has 0 bridgehead atoms. The molecule has 0 amide bonds. The molecule has 1 aromatic carbocycles. The minimum absolute atomic E-state index is 0.274. The second-order valence-corrected chi connectivity index (χ2v) is 6.00. The molecule has 1 nitrogen and oxygen atoms in total. The molecule has 1 N–H and O–H groups in total. The summed E-state index contributed by atoms with van der Waals surface area (Å²) in [4.78, 5) is 0. The molecule has 3 atom stereocenters. The Morgan fingerprint density at radius 3 is 2.55 bits per heavy atom. The lowest BCUT2D eigenvalue weighted by Gasteiger charge is -2.21. The molecule has 0 aliphatic heterocycles. The van der Waals surface area contributed by atoms with Crippen LogP contribution in [-0.4, -0.2) is 6.54 Å². The van der Waals surface area contributed by atoms with Crippen LogP contribution in [0.4, 0.5) is 13.2 Å². The summed E-state index contributed by atoms with van der Waals surface area (Å²) in [5, 5.41) is 3.27. The Balaban J connectivity index is 2.00. The summed E-state index contributed by atoms with van der Waals surface area (Å²) in [6.07, 6.45) is -0.684. The van der Waals surface area contributed by atoms with E-state index in [2.05, 4.69) is 12.2 Å². The van der Waals surface area contributed by atoms with Crippen LogP contribution in [-0.2, 0) is 6.18 Å². The normalized spacial score (nSPS) is 24.9. The molecule has 20 heavy (non-hydrogen) atoms. The van der Waals surface area contributed by atoms with Crippen molar-refractivity contribution in [2.75, 3.05) is 6.54 Å². The maximum absolute atomic E-state index is 13.0. The van der Waals surface area contributed by atoms with Crippen molar-refractivity contribution in [2.45, 2.75) is 45.3 Å². The maximum atomic E-state index is 13.0. The molecule has 1 aliphatic rings. The fourth-order valence-electron chi connectivity index (χ4n) is 3.10. The van der Waals surface area contributed by atoms with Crippen molar-refractivity contribution in [3.63, 3.8) is 0 Å². The van der Waals surface area contributed by atoms with Gasteiger partial charge < -0.3 is 5.32 Å². The van der Waals surface area contributed by atoms with E-state index >= 15 is 0 Å². The van der Waals surface area contributed by atoms with E-state index in [1.165, 1.54) is 25.3 Å². The molecule has 1 saturated carbocycles. The average molecular weight is 285 g/mol. The maximum Gasteiger partial charge on any atom is 0.416 e. The van der Waals surface area contributed by atoms with Crippen molar-refractivity contribution in [2.24, 2.45) is 11.8 Å². The van der Waals surface area contributed by atoms with Gasteiger partial charge in [-0.25, -0.2) is 0 Å². The van der Waals surface area contributed by atoms with Gasteiger partial charge in [-0.3, -0.25) is 0 Å². The largest absolute Gasteiger partial charge is 0.416 e. The Bertz CT molecular complexity index is 442. The lowest BCUT2D eigenvalue weighted by Crippen LogP contribution is -2.26. The standard InChI is InChI=1S/C16H22F3N/c1-11-7-8-13(9-11)10-20-12(2)14-5-3-4-6-15(14)16(17,18)19/h3-6,11-13,20H,7-10H2,1-2H3. The number of benzene rings is 1. The third-order valence-electron chi connectivity index (χ3n) is 4.25. The number of nitrogens with one attached hydrogen (secondary N) is 1. The lowest BCUT2D eigenvalue weighted by atomic mass is 10.00. The van der Waals surface area contributed by atoms with Crippen molar-refractivity contribution < 1.29 is 13.2 Å². The number of rotatable bonds is 4. The summed E-state index contributed by atoms with van der Waals surface area (Å²) in [6.45, 7) is 4.85. The number of alkyl halides is 3. The Labute approximate surface area is 118 Å². The minimum Gasteiger partial charge on any atom is -0.310 e. The van der Waals surface area contributed by atoms with Gasteiger partial charge in [0.2, 0.25) is 0 Å². The topological polar surface area (TPSA) is 12.0 Å². The van der Waals surface area contributed by atoms with Crippen LogP contribution in [0.3, 0.4) is 0 Å². The highest BCUT2D eigenvalue weighted by atomic mass is 19.4. The van der Waals surface area contributed by atoms with E-state index < -0.39 is 11.7 Å². The van der Waals surface area contributed by atoms with Gasteiger partial charge in [0.1, 0.15) is 0 Å². The summed E-state index contributed by atoms with van der Waals surface area (Å²) < 4.78 is 38.9. The number of halogens is 3. The van der Waals surface area contributed by atoms with Crippen molar-refractivity contribution in [1.82, 2.24) is 5.32 Å². The molecule has 112 valence electrons. The van der Waals surface area contributed by atoms with Gasteiger partial charge in [-0.1, -0.05) is 31.5 Å². The van der Waals surface area contributed by atoms with Crippen molar-refractivity contribution in [3.8, 4) is 0 Å². The predicted molar refractivity (Wildman–Crippen MR) is 74.4 cm³/mol. The van der Waals surface area contributed by atoms with E-state index in [1.54, 1.807) is 12.1 Å². The molecule has 0 radical (unpaired) electrons. The molecule has 1 aliphatic carbocycles. The second-order valence-electron chi connectivity index (χ2n) is 6.00. The fraction of sp³-hybridized carbons (Fsp3) is 0.625. The van der Waals surface area contributed by atoms with E-state index in [-0.39, 0.29) is 6.04 Å². The van der Waals surface area contributed by atoms with Crippen LogP contribution in [0.1, 0.15) is 50.3 Å². The Morgan fingerprint density at radius 1 is 1.25 bits per heavy atom. The number of hydrogen-bond donors (Lipinski definition) is 1. The third kappa shape index (κ3) is 3.75. The summed E-state index contributed by atoms with van der Waals surface area (Å²) in [7, 11) is 0. The fourth-order valence-corrected chi connectivity index (χ4v) is 3.10. The van der Waals surface area contributed by atoms with Gasteiger partial charge in [0, 0.05) is 6.04 Å².